The van der Waals surface area contributed by atoms with Crippen molar-refractivity contribution in [2.75, 3.05) is 39.6 Å². The second kappa shape index (κ2) is 33.7. The quantitative estimate of drug-likeness (QED) is 0.0348. The van der Waals surface area contributed by atoms with Crippen LogP contribution in [0.2, 0.25) is 0 Å². The molecule has 0 saturated carbocycles. The van der Waals surface area contributed by atoms with Gasteiger partial charge in [-0.25, -0.2) is 16.7 Å². The van der Waals surface area contributed by atoms with Gasteiger partial charge in [-0.05, 0) is 12.8 Å². The van der Waals surface area contributed by atoms with Crippen molar-refractivity contribution in [3.63, 3.8) is 0 Å². The molecule has 20 nitrogen and oxygen atoms in total. The first-order chi connectivity index (χ1) is 29.2. The monoisotopic (exact) mass is 980 g/mol. The largest absolute Gasteiger partial charge is 0.397 e. The first kappa shape index (κ1) is 59.3. The molecule has 1 saturated heterocycles. The lowest BCUT2D eigenvalue weighted by molar-refractivity contribution is -0.290. The molecule has 1 fully saturated rings. The predicted molar refractivity (Wildman–Crippen MR) is 229 cm³/mol. The highest BCUT2D eigenvalue weighted by atomic mass is 32.3. The third kappa shape index (κ3) is 33.7. The van der Waals surface area contributed by atoms with Crippen LogP contribution in [-0.2, 0) is 77.3 Å². The number of rotatable bonds is 42. The van der Waals surface area contributed by atoms with Crippen molar-refractivity contribution in [1.82, 2.24) is 0 Å². The van der Waals surface area contributed by atoms with Gasteiger partial charge < -0.3 is 18.9 Å². The molecule has 1 aliphatic heterocycles. The summed E-state index contributed by atoms with van der Waals surface area (Å²) in [6, 6.07) is 0. The van der Waals surface area contributed by atoms with Gasteiger partial charge in [-0.15, -0.1) is 0 Å². The van der Waals surface area contributed by atoms with Gasteiger partial charge in [0.15, 0.2) is 12.4 Å². The van der Waals surface area contributed by atoms with Gasteiger partial charge in [0, 0.05) is 19.1 Å². The average molecular weight is 981 g/mol. The fourth-order valence-corrected chi connectivity index (χ4v) is 8.82. The Balaban J connectivity index is 2.97. The first-order valence-corrected chi connectivity index (χ1v) is 27.7. The molecule has 0 unspecified atom stereocenters. The molecule has 0 aromatic carbocycles. The van der Waals surface area contributed by atoms with E-state index < -0.39 is 91.4 Å². The third-order valence-electron chi connectivity index (χ3n) is 10.2. The number of ether oxygens (including phenoxy) is 4. The topological polar surface area (TPSA) is 291 Å². The van der Waals surface area contributed by atoms with E-state index in [1.54, 1.807) is 0 Å². The maximum absolute atomic E-state index is 11.9. The van der Waals surface area contributed by atoms with E-state index in [9.17, 15) is 47.3 Å². The minimum absolute atomic E-state index is 0.0573. The molecule has 0 aliphatic carbocycles. The van der Waals surface area contributed by atoms with Crippen molar-refractivity contribution < 1.29 is 87.6 Å². The summed E-state index contributed by atoms with van der Waals surface area (Å²) in [5.41, 5.74) is 0. The van der Waals surface area contributed by atoms with Gasteiger partial charge in [0.05, 0.1) is 26.4 Å². The highest BCUT2D eigenvalue weighted by molar-refractivity contribution is 7.81. The molecule has 0 amide bonds. The van der Waals surface area contributed by atoms with Crippen LogP contribution in [0.25, 0.3) is 0 Å². The van der Waals surface area contributed by atoms with Crippen LogP contribution in [0.3, 0.4) is 0 Å². The van der Waals surface area contributed by atoms with Crippen LogP contribution in [0.1, 0.15) is 168 Å². The Morgan fingerprint density at radius 2 is 0.774 bits per heavy atom. The van der Waals surface area contributed by atoms with Crippen molar-refractivity contribution in [2.24, 2.45) is 5.92 Å². The molecule has 24 heteroatoms. The summed E-state index contributed by atoms with van der Waals surface area (Å²) in [7, 11) is -22.1. The Hall–Kier alpha value is -0.680. The van der Waals surface area contributed by atoms with Crippen LogP contribution < -0.4 is 0 Å². The fourth-order valence-electron chi connectivity index (χ4n) is 7.01. The van der Waals surface area contributed by atoms with Crippen LogP contribution in [0, 0.1) is 5.92 Å². The Labute approximate surface area is 371 Å². The molecule has 0 aromatic heterocycles. The Bertz CT molecular complexity index is 1530. The van der Waals surface area contributed by atoms with E-state index in [2.05, 4.69) is 30.6 Å². The van der Waals surface area contributed by atoms with Crippen molar-refractivity contribution in [2.45, 2.75) is 199 Å². The Morgan fingerprint density at radius 3 is 1.13 bits per heavy atom. The van der Waals surface area contributed by atoms with Gasteiger partial charge in [-0.3, -0.25) is 18.2 Å². The second-order valence-corrected chi connectivity index (χ2v) is 20.1. The molecule has 1 aliphatic rings. The van der Waals surface area contributed by atoms with Crippen LogP contribution in [0.4, 0.5) is 0 Å². The summed E-state index contributed by atoms with van der Waals surface area (Å²) in [4.78, 5) is 0. The molecule has 0 spiro atoms. The van der Waals surface area contributed by atoms with Crippen LogP contribution in [-0.4, -0.2) is 122 Å². The predicted octanol–water partition coefficient (Wildman–Crippen LogP) is 7.16. The minimum Gasteiger partial charge on any atom is -0.381 e. The maximum atomic E-state index is 11.9. The summed E-state index contributed by atoms with van der Waals surface area (Å²) in [6.07, 6.45) is 15.8. The summed E-state index contributed by atoms with van der Waals surface area (Å²) >= 11 is 0. The third-order valence-corrected chi connectivity index (χ3v) is 12.0. The van der Waals surface area contributed by atoms with Gasteiger partial charge in [-0.2, -0.15) is 33.7 Å². The van der Waals surface area contributed by atoms with Crippen molar-refractivity contribution in [1.29, 1.82) is 0 Å². The molecule has 0 aromatic rings. The lowest BCUT2D eigenvalue weighted by Gasteiger charge is -2.43. The van der Waals surface area contributed by atoms with E-state index in [1.165, 1.54) is 103 Å². The van der Waals surface area contributed by atoms with E-state index >= 15 is 0 Å². The van der Waals surface area contributed by atoms with Crippen LogP contribution in [0.15, 0.2) is 0 Å². The van der Waals surface area contributed by atoms with Gasteiger partial charge in [0.25, 0.3) is 0 Å². The van der Waals surface area contributed by atoms with Crippen LogP contribution in [0.5, 0.6) is 0 Å². The molecular formula is C38H76O20S4. The van der Waals surface area contributed by atoms with Gasteiger partial charge >= 0.3 is 41.6 Å². The Morgan fingerprint density at radius 1 is 0.435 bits per heavy atom. The number of hydrogen-bond acceptors (Lipinski definition) is 16. The number of hydrogen-bond donors (Lipinski definition) is 4. The van der Waals surface area contributed by atoms with Gasteiger partial charge in [0.1, 0.15) is 18.3 Å². The van der Waals surface area contributed by atoms with Crippen molar-refractivity contribution in [3.05, 3.63) is 0 Å². The summed E-state index contributed by atoms with van der Waals surface area (Å²) < 4.78 is 172. The van der Waals surface area contributed by atoms with E-state index in [-0.39, 0.29) is 13.2 Å². The zero-order valence-corrected chi connectivity index (χ0v) is 39.9. The smallest absolute Gasteiger partial charge is 0.381 e. The average Bonchev–Trinajstić information content (AvgIpc) is 3.16. The molecular weight excluding hydrogens is 905 g/mol. The van der Waals surface area contributed by atoms with Crippen molar-refractivity contribution >= 4 is 41.6 Å². The molecule has 5 atom stereocenters. The molecule has 0 radical (unpaired) electrons. The van der Waals surface area contributed by atoms with E-state index in [0.29, 0.717) is 13.2 Å². The lowest BCUT2D eigenvalue weighted by atomic mass is 9.99. The first-order valence-electron chi connectivity index (χ1n) is 22.3. The highest BCUT2D eigenvalue weighted by Crippen LogP contribution is 2.32. The standard InChI is InChI=1S/C38H76O20S4/c1-3-5-7-9-11-13-15-17-19-21-23-25-27-51-29-33(30-52-28-26-24-22-20-18-16-14-12-10-8-6-4-2)31-53-38-37(58-62(48,49)50)36(57-61(45,46)47)35(56-60(42,43)44)34(55-38)32-54-59(39,40)41/h33-38H,3-32H2,1-2H3,(H,39,40,41)(H,42,43,44)(H,45,46,47)(H,48,49,50)/t34-,35+,36+,37-,38-/m1/s1. The van der Waals surface area contributed by atoms with Crippen LogP contribution >= 0.6 is 0 Å². The zero-order valence-electron chi connectivity index (χ0n) is 36.6. The van der Waals surface area contributed by atoms with E-state index in [4.69, 9.17) is 23.5 Å². The Kier molecular flexibility index (Phi) is 32.3. The normalized spacial score (nSPS) is 20.3. The maximum Gasteiger partial charge on any atom is 0.397 e. The SMILES string of the molecule is CCCCCCCCCCCCCCOCC(COCCCCCCCCCCCCCC)CO[C@@H]1O[C@H](COS(=O)(=O)O)[C@H](OS(=O)(=O)O)[C@H](OS(=O)(=O)O)[C@H]1OS(=O)(=O)O. The van der Waals surface area contributed by atoms with E-state index in [0.717, 1.165) is 51.4 Å². The second-order valence-electron chi connectivity index (χ2n) is 15.8. The molecule has 62 heavy (non-hydrogen) atoms. The highest BCUT2D eigenvalue weighted by Gasteiger charge is 2.54. The minimum atomic E-state index is -5.66. The van der Waals surface area contributed by atoms with Gasteiger partial charge in [-0.1, -0.05) is 155 Å². The molecule has 1 rings (SSSR count). The number of unbranched alkanes of at least 4 members (excludes halogenated alkanes) is 22. The van der Waals surface area contributed by atoms with Crippen molar-refractivity contribution in [3.8, 4) is 0 Å². The van der Waals surface area contributed by atoms with Gasteiger partial charge in [0.2, 0.25) is 0 Å². The molecule has 372 valence electrons. The van der Waals surface area contributed by atoms with E-state index in [1.807, 2.05) is 0 Å². The summed E-state index contributed by atoms with van der Waals surface area (Å²) in [6.45, 7) is 3.55. The summed E-state index contributed by atoms with van der Waals surface area (Å²) in [5.74, 6) is -0.597. The molecule has 4 N–H and O–H groups in total. The molecule has 1 heterocycles. The zero-order chi connectivity index (χ0) is 46.3. The fraction of sp³-hybridized carbons (Fsp3) is 1.00. The summed E-state index contributed by atoms with van der Waals surface area (Å²) in [5, 5.41) is 0. The molecule has 0 bridgehead atoms. The lowest BCUT2D eigenvalue weighted by Crippen LogP contribution is -2.63.